The minimum Gasteiger partial charge on any atom is -0.496 e. The standard InChI is InChI=1S/C17H23NO/c1-12(2)7-8-14(4)17(19-6)10-16-9-13(3)11-18-15(16)5/h7-12H,4H2,1-3,5-6H3/b8-7-,17-10+. The lowest BCUT2D eigenvalue weighted by Gasteiger charge is -2.08. The highest BCUT2D eigenvalue weighted by Gasteiger charge is 2.03. The Morgan fingerprint density at radius 3 is 2.63 bits per heavy atom. The largest absolute Gasteiger partial charge is 0.496 e. The lowest BCUT2D eigenvalue weighted by molar-refractivity contribution is 0.306. The van der Waals surface area contributed by atoms with E-state index in [0.29, 0.717) is 5.92 Å². The van der Waals surface area contributed by atoms with Crippen LogP contribution >= 0.6 is 0 Å². The van der Waals surface area contributed by atoms with Gasteiger partial charge >= 0.3 is 0 Å². The van der Waals surface area contributed by atoms with Gasteiger partial charge in [-0.1, -0.05) is 32.6 Å². The van der Waals surface area contributed by atoms with Crippen molar-refractivity contribution in [3.05, 3.63) is 59.1 Å². The fourth-order valence-corrected chi connectivity index (χ4v) is 1.62. The van der Waals surface area contributed by atoms with Crippen molar-refractivity contribution in [2.45, 2.75) is 27.7 Å². The highest BCUT2D eigenvalue weighted by molar-refractivity contribution is 5.59. The third-order valence-corrected chi connectivity index (χ3v) is 2.77. The fraction of sp³-hybridized carbons (Fsp3) is 0.353. The van der Waals surface area contributed by atoms with Gasteiger partial charge in [-0.2, -0.15) is 0 Å². The maximum atomic E-state index is 5.43. The van der Waals surface area contributed by atoms with Gasteiger partial charge < -0.3 is 4.74 Å². The van der Waals surface area contributed by atoms with Crippen LogP contribution in [0.4, 0.5) is 0 Å². The van der Waals surface area contributed by atoms with E-state index in [1.165, 1.54) is 0 Å². The third-order valence-electron chi connectivity index (χ3n) is 2.77. The molecule has 1 aromatic rings. The lowest BCUT2D eigenvalue weighted by Crippen LogP contribution is -1.93. The van der Waals surface area contributed by atoms with Crippen molar-refractivity contribution in [1.29, 1.82) is 0 Å². The Balaban J connectivity index is 3.05. The van der Waals surface area contributed by atoms with Crippen molar-refractivity contribution in [1.82, 2.24) is 4.98 Å². The zero-order valence-corrected chi connectivity index (χ0v) is 12.5. The van der Waals surface area contributed by atoms with E-state index in [1.807, 2.05) is 32.2 Å². The van der Waals surface area contributed by atoms with Crippen LogP contribution < -0.4 is 0 Å². The van der Waals surface area contributed by atoms with Crippen LogP contribution in [0, 0.1) is 19.8 Å². The molecule has 0 unspecified atom stereocenters. The summed E-state index contributed by atoms with van der Waals surface area (Å²) < 4.78 is 5.43. The topological polar surface area (TPSA) is 22.1 Å². The molecule has 2 heteroatoms. The first kappa shape index (κ1) is 15.2. The molecule has 0 spiro atoms. The van der Waals surface area contributed by atoms with Crippen LogP contribution in [0.1, 0.15) is 30.7 Å². The number of nitrogens with zero attached hydrogens (tertiary/aromatic N) is 1. The first-order valence-electron chi connectivity index (χ1n) is 6.50. The molecule has 19 heavy (non-hydrogen) atoms. The van der Waals surface area contributed by atoms with E-state index in [2.05, 4.69) is 37.6 Å². The Hall–Kier alpha value is -1.83. The van der Waals surface area contributed by atoms with Gasteiger partial charge in [-0.25, -0.2) is 0 Å². The molecule has 0 radical (unpaired) electrons. The summed E-state index contributed by atoms with van der Waals surface area (Å²) in [5.41, 5.74) is 4.06. The summed E-state index contributed by atoms with van der Waals surface area (Å²) in [6.45, 7) is 12.3. The summed E-state index contributed by atoms with van der Waals surface area (Å²) in [6, 6.07) is 2.10. The number of hydrogen-bond donors (Lipinski definition) is 0. The molecule has 1 aromatic heterocycles. The van der Waals surface area contributed by atoms with Crippen molar-refractivity contribution in [3.8, 4) is 0 Å². The number of ether oxygens (including phenoxy) is 1. The molecule has 0 fully saturated rings. The van der Waals surface area contributed by atoms with Gasteiger partial charge in [-0.3, -0.25) is 4.98 Å². The molecule has 0 amide bonds. The number of hydrogen-bond acceptors (Lipinski definition) is 2. The SMILES string of the molecule is C=C(/C=C\C(C)C)/C(=C\c1cc(C)cnc1C)OC. The molecule has 0 atom stereocenters. The number of aromatic nitrogens is 1. The van der Waals surface area contributed by atoms with Crippen molar-refractivity contribution < 1.29 is 4.74 Å². The number of pyridine rings is 1. The molecule has 0 saturated carbocycles. The average Bonchev–Trinajstić information content (AvgIpc) is 2.36. The number of aryl methyl sites for hydroxylation is 2. The fourth-order valence-electron chi connectivity index (χ4n) is 1.62. The molecule has 0 aliphatic heterocycles. The minimum absolute atomic E-state index is 0.497. The maximum Gasteiger partial charge on any atom is 0.126 e. The normalized spacial score (nSPS) is 12.2. The molecule has 2 nitrogen and oxygen atoms in total. The van der Waals surface area contributed by atoms with Gasteiger partial charge in [-0.15, -0.1) is 0 Å². The number of allylic oxidation sites excluding steroid dienone is 2. The highest BCUT2D eigenvalue weighted by Crippen LogP contribution is 2.18. The van der Waals surface area contributed by atoms with Crippen LogP contribution in [0.5, 0.6) is 0 Å². The highest BCUT2D eigenvalue weighted by atomic mass is 16.5. The summed E-state index contributed by atoms with van der Waals surface area (Å²) in [4.78, 5) is 4.35. The van der Waals surface area contributed by atoms with E-state index < -0.39 is 0 Å². The summed E-state index contributed by atoms with van der Waals surface area (Å²) in [7, 11) is 1.67. The maximum absolute atomic E-state index is 5.43. The third kappa shape index (κ3) is 4.74. The van der Waals surface area contributed by atoms with Gasteiger partial charge in [0.05, 0.1) is 7.11 Å². The Morgan fingerprint density at radius 2 is 2.05 bits per heavy atom. The lowest BCUT2D eigenvalue weighted by atomic mass is 10.1. The predicted molar refractivity (Wildman–Crippen MR) is 81.8 cm³/mol. The molecule has 0 bridgehead atoms. The first-order valence-corrected chi connectivity index (χ1v) is 6.50. The smallest absolute Gasteiger partial charge is 0.126 e. The predicted octanol–water partition coefficient (Wildman–Crippen LogP) is 4.45. The second kappa shape index (κ2) is 6.93. The zero-order valence-electron chi connectivity index (χ0n) is 12.5. The van der Waals surface area contributed by atoms with Crippen LogP contribution in [0.15, 0.2) is 42.3 Å². The second-order valence-electron chi connectivity index (χ2n) is 5.03. The Bertz CT molecular complexity index is 510. The van der Waals surface area contributed by atoms with E-state index in [-0.39, 0.29) is 0 Å². The van der Waals surface area contributed by atoms with E-state index in [0.717, 1.165) is 28.2 Å². The molecule has 1 heterocycles. The van der Waals surface area contributed by atoms with Gasteiger partial charge in [0, 0.05) is 17.5 Å². The molecular weight excluding hydrogens is 234 g/mol. The molecule has 0 N–H and O–H groups in total. The Morgan fingerprint density at radius 1 is 1.37 bits per heavy atom. The summed E-state index contributed by atoms with van der Waals surface area (Å²) in [5, 5.41) is 0. The van der Waals surface area contributed by atoms with Crippen LogP contribution in [0.2, 0.25) is 0 Å². The van der Waals surface area contributed by atoms with Crippen LogP contribution in [-0.2, 0) is 4.74 Å². The summed E-state index contributed by atoms with van der Waals surface area (Å²) >= 11 is 0. The summed E-state index contributed by atoms with van der Waals surface area (Å²) in [6.07, 6.45) is 7.96. The molecule has 0 aliphatic carbocycles. The van der Waals surface area contributed by atoms with Crippen LogP contribution in [0.3, 0.4) is 0 Å². The average molecular weight is 257 g/mol. The Kier molecular flexibility index (Phi) is 5.56. The van der Waals surface area contributed by atoms with Gasteiger partial charge in [-0.05, 0) is 43.0 Å². The van der Waals surface area contributed by atoms with E-state index >= 15 is 0 Å². The number of methoxy groups -OCH3 is 1. The van der Waals surface area contributed by atoms with Crippen molar-refractivity contribution >= 4 is 6.08 Å². The van der Waals surface area contributed by atoms with Gasteiger partial charge in [0.2, 0.25) is 0 Å². The molecule has 0 aliphatic rings. The zero-order chi connectivity index (χ0) is 14.4. The van der Waals surface area contributed by atoms with Crippen LogP contribution in [-0.4, -0.2) is 12.1 Å². The van der Waals surface area contributed by atoms with Crippen molar-refractivity contribution in [2.24, 2.45) is 5.92 Å². The molecule has 102 valence electrons. The first-order chi connectivity index (χ1) is 8.93. The Labute approximate surface area is 116 Å². The molecule has 1 rings (SSSR count). The molecule has 0 saturated heterocycles. The van der Waals surface area contributed by atoms with Gasteiger partial charge in [0.25, 0.3) is 0 Å². The minimum atomic E-state index is 0.497. The van der Waals surface area contributed by atoms with Crippen LogP contribution in [0.25, 0.3) is 6.08 Å². The van der Waals surface area contributed by atoms with Crippen molar-refractivity contribution in [2.75, 3.05) is 7.11 Å². The monoisotopic (exact) mass is 257 g/mol. The quantitative estimate of drug-likeness (QED) is 0.574. The van der Waals surface area contributed by atoms with E-state index in [1.54, 1.807) is 7.11 Å². The molecular formula is C17H23NO. The molecule has 0 aromatic carbocycles. The van der Waals surface area contributed by atoms with Gasteiger partial charge in [0.15, 0.2) is 0 Å². The second-order valence-corrected chi connectivity index (χ2v) is 5.03. The van der Waals surface area contributed by atoms with Gasteiger partial charge in [0.1, 0.15) is 5.76 Å². The summed E-state index contributed by atoms with van der Waals surface area (Å²) in [5.74, 6) is 1.27. The number of rotatable bonds is 5. The van der Waals surface area contributed by atoms with Crippen molar-refractivity contribution in [3.63, 3.8) is 0 Å². The van der Waals surface area contributed by atoms with E-state index in [9.17, 15) is 0 Å². The van der Waals surface area contributed by atoms with E-state index in [4.69, 9.17) is 4.74 Å².